The molecular weight excluding hydrogens is 399 g/mol. The molecule has 1 atom stereocenters. The van der Waals surface area contributed by atoms with E-state index in [0.717, 1.165) is 25.2 Å². The normalized spacial score (nSPS) is 16.5. The predicted molar refractivity (Wildman–Crippen MR) is 116 cm³/mol. The molecular formula is C21H23FN8O. The molecule has 1 aliphatic rings. The molecule has 1 saturated heterocycles. The minimum absolute atomic E-state index is 0.224. The van der Waals surface area contributed by atoms with Crippen molar-refractivity contribution in [3.8, 4) is 0 Å². The average molecular weight is 422 g/mol. The van der Waals surface area contributed by atoms with Gasteiger partial charge < -0.3 is 19.9 Å². The summed E-state index contributed by atoms with van der Waals surface area (Å²) in [5.41, 5.74) is 3.80. The molecule has 160 valence electrons. The number of carbonyl (C=O) groups excluding carboxylic acids is 1. The Morgan fingerprint density at radius 2 is 2.03 bits per heavy atom. The number of nitrogens with zero attached hydrogens (tertiary/aromatic N) is 6. The quantitative estimate of drug-likeness (QED) is 0.523. The number of hydrogen-bond acceptors (Lipinski definition) is 6. The number of benzene rings is 1. The number of pyridine rings is 1. The highest BCUT2D eigenvalue weighted by atomic mass is 19.1. The number of likely N-dealkylation sites (N-methyl/N-ethyl adjacent to an activating group) is 1. The molecule has 31 heavy (non-hydrogen) atoms. The minimum atomic E-state index is -0.501. The van der Waals surface area contributed by atoms with E-state index in [1.807, 2.05) is 13.1 Å². The van der Waals surface area contributed by atoms with Gasteiger partial charge in [0.2, 0.25) is 0 Å². The zero-order valence-corrected chi connectivity index (χ0v) is 17.6. The summed E-state index contributed by atoms with van der Waals surface area (Å²) in [5.74, 6) is -0.874. The molecule has 2 N–H and O–H groups in total. The standard InChI is InChI=1S/C21H23FN8O/c1-12-9-30-11-14(8-16(22)20(30)24-12)25-21(31)15-4-5-17(19-18(15)26-28(3)27-19)29-7-6-13(10-29)23-2/h4-5,8-9,11,13,23H,6-7,10H2,1-3H3,(H,25,31)/t13-/m0/s1. The van der Waals surface area contributed by atoms with Gasteiger partial charge in [0.25, 0.3) is 5.91 Å². The topological polar surface area (TPSA) is 92.4 Å². The Bertz CT molecular complexity index is 1310. The van der Waals surface area contributed by atoms with Crippen LogP contribution in [0.1, 0.15) is 22.5 Å². The van der Waals surface area contributed by atoms with Crippen molar-refractivity contribution in [2.75, 3.05) is 30.4 Å². The Kier molecular flexibility index (Phi) is 4.58. The van der Waals surface area contributed by atoms with Crippen LogP contribution in [-0.4, -0.2) is 56.5 Å². The lowest BCUT2D eigenvalue weighted by Gasteiger charge is -2.19. The van der Waals surface area contributed by atoms with Gasteiger partial charge in [-0.3, -0.25) is 4.79 Å². The van der Waals surface area contributed by atoms with E-state index in [1.165, 1.54) is 10.9 Å². The number of nitrogens with one attached hydrogen (secondary N) is 2. The lowest BCUT2D eigenvalue weighted by atomic mass is 10.1. The van der Waals surface area contributed by atoms with Gasteiger partial charge in [-0.05, 0) is 32.5 Å². The van der Waals surface area contributed by atoms with Crippen molar-refractivity contribution in [3.05, 3.63) is 47.7 Å². The summed E-state index contributed by atoms with van der Waals surface area (Å²) in [6.07, 6.45) is 4.39. The number of hydrogen-bond donors (Lipinski definition) is 2. The highest BCUT2D eigenvalue weighted by molar-refractivity contribution is 6.13. The lowest BCUT2D eigenvalue weighted by molar-refractivity contribution is 0.102. The van der Waals surface area contributed by atoms with Crippen LogP contribution in [-0.2, 0) is 7.05 Å². The number of aromatic nitrogens is 5. The zero-order valence-electron chi connectivity index (χ0n) is 17.6. The van der Waals surface area contributed by atoms with Gasteiger partial charge in [0, 0.05) is 44.6 Å². The largest absolute Gasteiger partial charge is 0.368 e. The molecule has 1 amide bonds. The van der Waals surface area contributed by atoms with E-state index in [0.29, 0.717) is 34.0 Å². The molecule has 5 rings (SSSR count). The third kappa shape index (κ3) is 3.38. The first kappa shape index (κ1) is 19.4. The van der Waals surface area contributed by atoms with Crippen molar-refractivity contribution in [1.82, 2.24) is 29.7 Å². The van der Waals surface area contributed by atoms with E-state index in [4.69, 9.17) is 0 Å². The molecule has 0 saturated carbocycles. The van der Waals surface area contributed by atoms with Crippen molar-refractivity contribution in [3.63, 3.8) is 0 Å². The van der Waals surface area contributed by atoms with Gasteiger partial charge in [-0.2, -0.15) is 15.0 Å². The predicted octanol–water partition coefficient (Wildman–Crippen LogP) is 2.11. The second-order valence-electron chi connectivity index (χ2n) is 7.88. The number of aryl methyl sites for hydroxylation is 2. The molecule has 10 heteroatoms. The number of amides is 1. The van der Waals surface area contributed by atoms with Gasteiger partial charge in [0.05, 0.1) is 22.6 Å². The molecule has 0 bridgehead atoms. The average Bonchev–Trinajstić information content (AvgIpc) is 3.44. The van der Waals surface area contributed by atoms with Gasteiger partial charge in [0.15, 0.2) is 11.5 Å². The van der Waals surface area contributed by atoms with Crippen LogP contribution in [0.25, 0.3) is 16.7 Å². The SMILES string of the molecule is CN[C@H]1CCN(c2ccc(C(=O)Nc3cc(F)c4nc(C)cn4c3)c3nn(C)nc23)C1. The number of halogens is 1. The maximum absolute atomic E-state index is 14.4. The molecule has 0 aliphatic carbocycles. The first-order chi connectivity index (χ1) is 14.9. The lowest BCUT2D eigenvalue weighted by Crippen LogP contribution is -2.29. The Labute approximate surface area is 177 Å². The third-order valence-corrected chi connectivity index (χ3v) is 5.69. The minimum Gasteiger partial charge on any atom is -0.368 e. The summed E-state index contributed by atoms with van der Waals surface area (Å²) < 4.78 is 15.9. The third-order valence-electron chi connectivity index (χ3n) is 5.69. The fraction of sp³-hybridized carbons (Fsp3) is 0.333. The van der Waals surface area contributed by atoms with Crippen molar-refractivity contribution in [1.29, 1.82) is 0 Å². The van der Waals surface area contributed by atoms with Crippen LogP contribution >= 0.6 is 0 Å². The molecule has 3 aromatic heterocycles. The number of imidazole rings is 1. The summed E-state index contributed by atoms with van der Waals surface area (Å²) in [5, 5.41) is 15.0. The Morgan fingerprint density at radius 1 is 1.23 bits per heavy atom. The smallest absolute Gasteiger partial charge is 0.258 e. The first-order valence-corrected chi connectivity index (χ1v) is 10.2. The first-order valence-electron chi connectivity index (χ1n) is 10.2. The number of rotatable bonds is 4. The number of carbonyl (C=O) groups is 1. The molecule has 0 spiro atoms. The van der Waals surface area contributed by atoms with E-state index in [-0.39, 0.29) is 11.6 Å². The summed E-state index contributed by atoms with van der Waals surface area (Å²) in [7, 11) is 3.70. The van der Waals surface area contributed by atoms with Crippen LogP contribution in [0, 0.1) is 12.7 Å². The number of fused-ring (bicyclic) bond motifs is 2. The van der Waals surface area contributed by atoms with Crippen molar-refractivity contribution in [2.24, 2.45) is 7.05 Å². The van der Waals surface area contributed by atoms with E-state index in [2.05, 4.69) is 30.7 Å². The summed E-state index contributed by atoms with van der Waals surface area (Å²) in [6.45, 7) is 3.57. The highest BCUT2D eigenvalue weighted by Crippen LogP contribution is 2.30. The zero-order chi connectivity index (χ0) is 21.7. The van der Waals surface area contributed by atoms with E-state index in [1.54, 1.807) is 36.8 Å². The van der Waals surface area contributed by atoms with Crippen molar-refractivity contribution < 1.29 is 9.18 Å². The molecule has 1 fully saturated rings. The molecule has 9 nitrogen and oxygen atoms in total. The van der Waals surface area contributed by atoms with Crippen LogP contribution in [0.5, 0.6) is 0 Å². The maximum Gasteiger partial charge on any atom is 0.258 e. The summed E-state index contributed by atoms with van der Waals surface area (Å²) in [6, 6.07) is 5.35. The Balaban J connectivity index is 1.49. The molecule has 1 aliphatic heterocycles. The maximum atomic E-state index is 14.4. The Hall–Kier alpha value is -3.53. The van der Waals surface area contributed by atoms with Crippen LogP contribution in [0.3, 0.4) is 0 Å². The number of anilines is 2. The van der Waals surface area contributed by atoms with Crippen LogP contribution in [0.15, 0.2) is 30.6 Å². The van der Waals surface area contributed by atoms with Gasteiger partial charge in [-0.1, -0.05) is 0 Å². The van der Waals surface area contributed by atoms with Crippen LogP contribution < -0.4 is 15.5 Å². The van der Waals surface area contributed by atoms with Crippen molar-refractivity contribution in [2.45, 2.75) is 19.4 Å². The fourth-order valence-electron chi connectivity index (χ4n) is 4.18. The van der Waals surface area contributed by atoms with Crippen molar-refractivity contribution >= 4 is 34.0 Å². The highest BCUT2D eigenvalue weighted by Gasteiger charge is 2.26. The van der Waals surface area contributed by atoms with E-state index in [9.17, 15) is 9.18 Å². The van der Waals surface area contributed by atoms with Gasteiger partial charge in [-0.25, -0.2) is 9.37 Å². The molecule has 4 aromatic rings. The molecule has 0 unspecified atom stereocenters. The molecule has 0 radical (unpaired) electrons. The molecule has 4 heterocycles. The van der Waals surface area contributed by atoms with E-state index >= 15 is 0 Å². The second-order valence-corrected chi connectivity index (χ2v) is 7.88. The van der Waals surface area contributed by atoms with Gasteiger partial charge in [0.1, 0.15) is 11.0 Å². The Morgan fingerprint density at radius 3 is 2.81 bits per heavy atom. The summed E-state index contributed by atoms with van der Waals surface area (Å²) >= 11 is 0. The van der Waals surface area contributed by atoms with Gasteiger partial charge in [-0.15, -0.1) is 0 Å². The second kappa shape index (κ2) is 7.31. The monoisotopic (exact) mass is 422 g/mol. The van der Waals surface area contributed by atoms with Crippen LogP contribution in [0.2, 0.25) is 0 Å². The van der Waals surface area contributed by atoms with E-state index < -0.39 is 5.82 Å². The molecule has 1 aromatic carbocycles. The van der Waals surface area contributed by atoms with Gasteiger partial charge >= 0.3 is 0 Å². The fourth-order valence-corrected chi connectivity index (χ4v) is 4.18. The van der Waals surface area contributed by atoms with Crippen LogP contribution in [0.4, 0.5) is 15.8 Å². The summed E-state index contributed by atoms with van der Waals surface area (Å²) in [4.78, 5) is 20.9.